The number of nitrogens with one attached hydrogen (secondary N) is 2. The van der Waals surface area contributed by atoms with Gasteiger partial charge in [0.05, 0.1) is 25.4 Å². The molecule has 4 heterocycles. The van der Waals surface area contributed by atoms with Gasteiger partial charge in [-0.15, -0.1) is 0 Å². The number of aliphatic hydroxyl groups is 1. The van der Waals surface area contributed by atoms with Gasteiger partial charge in [0.25, 0.3) is 0 Å². The van der Waals surface area contributed by atoms with Gasteiger partial charge in [0.15, 0.2) is 5.58 Å². The Kier molecular flexibility index (Phi) is 6.74. The van der Waals surface area contributed by atoms with E-state index >= 15 is 0 Å². The summed E-state index contributed by atoms with van der Waals surface area (Å²) >= 11 is 0. The number of phenolic OH excluding ortho intramolecular Hbond substituents is 1. The van der Waals surface area contributed by atoms with E-state index in [0.29, 0.717) is 59.1 Å². The molecule has 0 aliphatic heterocycles. The first-order valence-corrected chi connectivity index (χ1v) is 11.3. The van der Waals surface area contributed by atoms with Gasteiger partial charge in [-0.25, -0.2) is 15.0 Å². The summed E-state index contributed by atoms with van der Waals surface area (Å²) in [6.45, 7) is 0.910. The van der Waals surface area contributed by atoms with Crippen molar-refractivity contribution in [2.45, 2.75) is 0 Å². The molecule has 5 aromatic rings. The van der Waals surface area contributed by atoms with Gasteiger partial charge in [-0.1, -0.05) is 6.07 Å². The number of ether oxygens (including phenoxy) is 2. The first kappa shape index (κ1) is 23.3. The fraction of sp³-hybridized carbons (Fsp3) is 0.200. The highest BCUT2D eigenvalue weighted by atomic mass is 16.5. The summed E-state index contributed by atoms with van der Waals surface area (Å²) in [5.74, 6) is 2.70. The van der Waals surface area contributed by atoms with E-state index in [4.69, 9.17) is 19.0 Å². The first-order chi connectivity index (χ1) is 17.6. The maximum absolute atomic E-state index is 9.78. The molecule has 184 valence electrons. The van der Waals surface area contributed by atoms with Crippen molar-refractivity contribution in [1.82, 2.24) is 19.9 Å². The van der Waals surface area contributed by atoms with Crippen LogP contribution in [0.3, 0.4) is 0 Å². The average Bonchev–Trinajstić information content (AvgIpc) is 3.31. The Bertz CT molecular complexity index is 1510. The number of aromatic nitrogens is 4. The van der Waals surface area contributed by atoms with E-state index in [1.165, 1.54) is 0 Å². The van der Waals surface area contributed by atoms with Gasteiger partial charge in [-0.3, -0.25) is 0 Å². The molecule has 4 aromatic heterocycles. The van der Waals surface area contributed by atoms with Crippen LogP contribution in [0.1, 0.15) is 0 Å². The lowest BCUT2D eigenvalue weighted by atomic mass is 10.1. The van der Waals surface area contributed by atoms with Gasteiger partial charge in [0.2, 0.25) is 11.8 Å². The van der Waals surface area contributed by atoms with Crippen LogP contribution in [-0.4, -0.2) is 63.6 Å². The summed E-state index contributed by atoms with van der Waals surface area (Å²) in [4.78, 5) is 18.0. The highest BCUT2D eigenvalue weighted by Gasteiger charge is 2.16. The molecule has 0 spiro atoms. The molecule has 0 fully saturated rings. The molecule has 11 nitrogen and oxygen atoms in total. The molecule has 5 rings (SSSR count). The number of oxazole rings is 1. The third-order valence-corrected chi connectivity index (χ3v) is 5.30. The van der Waals surface area contributed by atoms with E-state index in [1.54, 1.807) is 49.8 Å². The molecule has 11 heteroatoms. The number of hydrogen-bond donors (Lipinski definition) is 4. The number of aromatic hydroxyl groups is 1. The molecule has 0 saturated heterocycles. The number of hydrogen-bond acceptors (Lipinski definition) is 11. The Morgan fingerprint density at radius 2 is 1.86 bits per heavy atom. The minimum Gasteiger partial charge on any atom is -0.508 e. The van der Waals surface area contributed by atoms with Crippen molar-refractivity contribution in [3.05, 3.63) is 54.9 Å². The molecule has 0 unspecified atom stereocenters. The van der Waals surface area contributed by atoms with Crippen molar-refractivity contribution in [3.63, 3.8) is 0 Å². The quantitative estimate of drug-likeness (QED) is 0.213. The summed E-state index contributed by atoms with van der Waals surface area (Å²) in [7, 11) is 1.79. The SMILES string of the molecule is CNc1ncc(-c2nc3cc(O)ccc3o2)c2cc(Nc3cccc(OCCOCCO)n3)ncc12. The van der Waals surface area contributed by atoms with E-state index in [1.807, 2.05) is 12.1 Å². The van der Waals surface area contributed by atoms with Crippen molar-refractivity contribution in [2.24, 2.45) is 0 Å². The number of rotatable bonds is 10. The number of pyridine rings is 3. The lowest BCUT2D eigenvalue weighted by Gasteiger charge is -2.11. The third kappa shape index (κ3) is 4.97. The third-order valence-electron chi connectivity index (χ3n) is 5.30. The number of fused-ring (bicyclic) bond motifs is 2. The molecule has 1 aromatic carbocycles. The van der Waals surface area contributed by atoms with Crippen molar-refractivity contribution in [3.8, 4) is 23.1 Å². The van der Waals surface area contributed by atoms with Crippen LogP contribution >= 0.6 is 0 Å². The van der Waals surface area contributed by atoms with Gasteiger partial charge in [-0.2, -0.15) is 4.98 Å². The molecular weight excluding hydrogens is 464 g/mol. The van der Waals surface area contributed by atoms with Crippen LogP contribution in [0.4, 0.5) is 17.5 Å². The standard InChI is InChI=1S/C25H24N6O5/c1-26-24-17-13-27-22(30-21-3-2-4-23(31-21)35-10-9-34-8-7-32)12-16(17)18(14-28-24)25-29-19-11-15(33)5-6-20(19)36-25/h2-6,11-14,32-33H,7-10H2,1H3,(H,26,28)(H,27,30,31). The number of anilines is 3. The van der Waals surface area contributed by atoms with Crippen molar-refractivity contribution < 1.29 is 24.1 Å². The molecule has 0 amide bonds. The fourth-order valence-corrected chi connectivity index (χ4v) is 3.67. The number of nitrogens with zero attached hydrogens (tertiary/aromatic N) is 4. The molecule has 4 N–H and O–H groups in total. The monoisotopic (exact) mass is 488 g/mol. The number of phenols is 1. The minimum atomic E-state index is -0.0278. The zero-order valence-electron chi connectivity index (χ0n) is 19.4. The summed E-state index contributed by atoms with van der Waals surface area (Å²) < 4.78 is 16.8. The zero-order chi connectivity index (χ0) is 24.9. The van der Waals surface area contributed by atoms with Crippen molar-refractivity contribution >= 4 is 39.3 Å². The van der Waals surface area contributed by atoms with E-state index in [9.17, 15) is 5.11 Å². The van der Waals surface area contributed by atoms with Crippen molar-refractivity contribution in [1.29, 1.82) is 0 Å². The molecule has 0 atom stereocenters. The minimum absolute atomic E-state index is 0.0278. The van der Waals surface area contributed by atoms with Crippen LogP contribution in [0.25, 0.3) is 33.3 Å². The zero-order valence-corrected chi connectivity index (χ0v) is 19.4. The predicted octanol–water partition coefficient (Wildman–Crippen LogP) is 3.71. The molecule has 0 aliphatic rings. The van der Waals surface area contributed by atoms with Gasteiger partial charge in [0, 0.05) is 42.3 Å². The molecule has 0 bridgehead atoms. The van der Waals surface area contributed by atoms with Crippen LogP contribution in [0.15, 0.2) is 59.3 Å². The van der Waals surface area contributed by atoms with E-state index in [-0.39, 0.29) is 19.0 Å². The normalized spacial score (nSPS) is 11.2. The Hall–Kier alpha value is -4.48. The topological polar surface area (TPSA) is 148 Å². The Balaban J connectivity index is 1.45. The smallest absolute Gasteiger partial charge is 0.229 e. The van der Waals surface area contributed by atoms with Gasteiger partial charge < -0.3 is 34.7 Å². The van der Waals surface area contributed by atoms with Crippen LogP contribution in [0.5, 0.6) is 11.6 Å². The van der Waals surface area contributed by atoms with Crippen LogP contribution in [-0.2, 0) is 4.74 Å². The molecule has 36 heavy (non-hydrogen) atoms. The first-order valence-electron chi connectivity index (χ1n) is 11.3. The molecule has 0 saturated carbocycles. The second-order valence-corrected chi connectivity index (χ2v) is 7.73. The van der Waals surface area contributed by atoms with Crippen LogP contribution < -0.4 is 15.4 Å². The Labute approximate surface area is 205 Å². The second kappa shape index (κ2) is 10.4. The highest BCUT2D eigenvalue weighted by molar-refractivity contribution is 6.01. The lowest BCUT2D eigenvalue weighted by molar-refractivity contribution is 0.0695. The van der Waals surface area contributed by atoms with Gasteiger partial charge in [0.1, 0.15) is 35.3 Å². The number of aliphatic hydroxyl groups excluding tert-OH is 1. The van der Waals surface area contributed by atoms with Gasteiger partial charge in [-0.05, 0) is 24.3 Å². The summed E-state index contributed by atoms with van der Waals surface area (Å²) in [5.41, 5.74) is 1.79. The van der Waals surface area contributed by atoms with Crippen LogP contribution in [0.2, 0.25) is 0 Å². The largest absolute Gasteiger partial charge is 0.508 e. The van der Waals surface area contributed by atoms with E-state index in [2.05, 4.69) is 30.6 Å². The maximum Gasteiger partial charge on any atom is 0.229 e. The van der Waals surface area contributed by atoms with Crippen molar-refractivity contribution in [2.75, 3.05) is 44.1 Å². The number of benzene rings is 1. The summed E-state index contributed by atoms with van der Waals surface area (Å²) in [5, 5.41) is 26.4. The van der Waals surface area contributed by atoms with Crippen LogP contribution in [0, 0.1) is 0 Å². The second-order valence-electron chi connectivity index (χ2n) is 7.73. The summed E-state index contributed by atoms with van der Waals surface area (Å²) in [6.07, 6.45) is 3.40. The van der Waals surface area contributed by atoms with Gasteiger partial charge >= 0.3 is 0 Å². The Morgan fingerprint density at radius 3 is 2.72 bits per heavy atom. The molecule has 0 aliphatic carbocycles. The highest BCUT2D eigenvalue weighted by Crippen LogP contribution is 2.34. The predicted molar refractivity (Wildman–Crippen MR) is 135 cm³/mol. The average molecular weight is 489 g/mol. The van der Waals surface area contributed by atoms with E-state index < -0.39 is 0 Å². The molecular formula is C25H24N6O5. The summed E-state index contributed by atoms with van der Waals surface area (Å²) in [6, 6.07) is 12.0. The lowest BCUT2D eigenvalue weighted by Crippen LogP contribution is -2.10. The molecule has 0 radical (unpaired) electrons. The van der Waals surface area contributed by atoms with E-state index in [0.717, 1.165) is 10.8 Å². The maximum atomic E-state index is 9.78. The Morgan fingerprint density at radius 1 is 0.944 bits per heavy atom. The fourth-order valence-electron chi connectivity index (χ4n) is 3.67.